The van der Waals surface area contributed by atoms with Crippen molar-refractivity contribution in [3.8, 4) is 11.5 Å². The quantitative estimate of drug-likeness (QED) is 0.757. The number of carbonyl (C=O) groups excluding carboxylic acids is 1. The van der Waals surface area contributed by atoms with Crippen LogP contribution in [0.25, 0.3) is 11.5 Å². The molecule has 0 N–H and O–H groups in total. The van der Waals surface area contributed by atoms with Gasteiger partial charge in [0, 0.05) is 5.56 Å². The Balaban J connectivity index is 1.96. The molecule has 0 fully saturated rings. The minimum absolute atomic E-state index is 0.141. The first kappa shape index (κ1) is 15.1. The Hall–Kier alpha value is -2.28. The van der Waals surface area contributed by atoms with Gasteiger partial charge in [0.15, 0.2) is 0 Å². The molecule has 1 heterocycles. The van der Waals surface area contributed by atoms with E-state index in [1.54, 1.807) is 31.0 Å². The lowest BCUT2D eigenvalue weighted by molar-refractivity contribution is -0.144. The molecule has 2 rings (SSSR count). The molecule has 0 saturated carbocycles. The van der Waals surface area contributed by atoms with E-state index in [0.717, 1.165) is 0 Å². The predicted molar refractivity (Wildman–Crippen MR) is 72.7 cm³/mol. The molecule has 0 saturated heterocycles. The highest BCUT2D eigenvalue weighted by atomic mass is 19.1. The molecule has 0 spiro atoms. The van der Waals surface area contributed by atoms with E-state index < -0.39 is 0 Å². The molecule has 1 aromatic carbocycles. The summed E-state index contributed by atoms with van der Waals surface area (Å²) in [6.07, 6.45) is 0. The minimum Gasteiger partial charge on any atom is -0.465 e. The van der Waals surface area contributed by atoms with Crippen LogP contribution in [0.1, 0.15) is 12.8 Å². The molecule has 0 atom stereocenters. The van der Waals surface area contributed by atoms with Gasteiger partial charge in [-0.05, 0) is 38.2 Å². The fraction of sp³-hybridized carbons (Fsp3) is 0.357. The van der Waals surface area contributed by atoms with Crippen LogP contribution in [0.3, 0.4) is 0 Å². The molecular formula is C14H16FN3O3. The molecule has 1 aromatic heterocycles. The maximum Gasteiger partial charge on any atom is 0.320 e. The third kappa shape index (κ3) is 4.35. The second kappa shape index (κ2) is 6.94. The Morgan fingerprint density at radius 2 is 2.05 bits per heavy atom. The summed E-state index contributed by atoms with van der Waals surface area (Å²) in [5.74, 6) is 0.0570. The van der Waals surface area contributed by atoms with E-state index in [2.05, 4.69) is 10.2 Å². The summed E-state index contributed by atoms with van der Waals surface area (Å²) in [5.41, 5.74) is 0.642. The number of likely N-dealkylation sites (N-methyl/N-ethyl adjacent to an activating group) is 1. The Morgan fingerprint density at radius 3 is 2.71 bits per heavy atom. The average molecular weight is 293 g/mol. The van der Waals surface area contributed by atoms with Crippen molar-refractivity contribution in [2.24, 2.45) is 0 Å². The van der Waals surface area contributed by atoms with Gasteiger partial charge in [-0.3, -0.25) is 9.69 Å². The van der Waals surface area contributed by atoms with Crippen molar-refractivity contribution in [3.63, 3.8) is 0 Å². The van der Waals surface area contributed by atoms with Crippen molar-refractivity contribution in [1.29, 1.82) is 0 Å². The zero-order valence-electron chi connectivity index (χ0n) is 11.9. The van der Waals surface area contributed by atoms with Crippen LogP contribution in [0.2, 0.25) is 0 Å². The molecule has 0 aliphatic rings. The number of hydrogen-bond acceptors (Lipinski definition) is 6. The first-order valence-corrected chi connectivity index (χ1v) is 6.51. The fourth-order valence-corrected chi connectivity index (χ4v) is 1.74. The molecule has 0 bridgehead atoms. The monoisotopic (exact) mass is 293 g/mol. The summed E-state index contributed by atoms with van der Waals surface area (Å²) in [5, 5.41) is 7.81. The van der Waals surface area contributed by atoms with Gasteiger partial charge in [-0.1, -0.05) is 0 Å². The number of nitrogens with zero attached hydrogens (tertiary/aromatic N) is 3. The van der Waals surface area contributed by atoms with E-state index in [-0.39, 0.29) is 18.3 Å². The second-order valence-electron chi connectivity index (χ2n) is 4.49. The Labute approximate surface area is 121 Å². The number of benzene rings is 1. The van der Waals surface area contributed by atoms with Crippen LogP contribution in [0.5, 0.6) is 0 Å². The lowest BCUT2D eigenvalue weighted by Crippen LogP contribution is -2.27. The van der Waals surface area contributed by atoms with E-state index in [9.17, 15) is 9.18 Å². The smallest absolute Gasteiger partial charge is 0.320 e. The van der Waals surface area contributed by atoms with Crippen molar-refractivity contribution >= 4 is 5.97 Å². The highest BCUT2D eigenvalue weighted by Crippen LogP contribution is 2.18. The minimum atomic E-state index is -0.326. The molecule has 0 amide bonds. The summed E-state index contributed by atoms with van der Waals surface area (Å²) in [7, 11) is 1.75. The largest absolute Gasteiger partial charge is 0.465 e. The first-order valence-electron chi connectivity index (χ1n) is 6.51. The van der Waals surface area contributed by atoms with E-state index in [1.807, 2.05) is 0 Å². The van der Waals surface area contributed by atoms with Crippen LogP contribution < -0.4 is 0 Å². The van der Waals surface area contributed by atoms with Crippen molar-refractivity contribution in [3.05, 3.63) is 36.0 Å². The van der Waals surface area contributed by atoms with Gasteiger partial charge in [0.25, 0.3) is 0 Å². The zero-order chi connectivity index (χ0) is 15.2. The van der Waals surface area contributed by atoms with Crippen molar-refractivity contribution in [1.82, 2.24) is 15.1 Å². The number of rotatable bonds is 6. The highest BCUT2D eigenvalue weighted by molar-refractivity contribution is 5.71. The molecule has 112 valence electrons. The number of aromatic nitrogens is 2. The van der Waals surface area contributed by atoms with Gasteiger partial charge < -0.3 is 9.15 Å². The van der Waals surface area contributed by atoms with E-state index in [0.29, 0.717) is 30.5 Å². The van der Waals surface area contributed by atoms with Gasteiger partial charge in [-0.15, -0.1) is 10.2 Å². The van der Waals surface area contributed by atoms with Gasteiger partial charge in [0.05, 0.1) is 19.7 Å². The highest BCUT2D eigenvalue weighted by Gasteiger charge is 2.13. The number of halogens is 1. The van der Waals surface area contributed by atoms with Crippen LogP contribution >= 0.6 is 0 Å². The number of carbonyl (C=O) groups is 1. The van der Waals surface area contributed by atoms with Crippen molar-refractivity contribution in [2.45, 2.75) is 13.5 Å². The maximum absolute atomic E-state index is 12.8. The van der Waals surface area contributed by atoms with Crippen LogP contribution in [0.15, 0.2) is 28.7 Å². The van der Waals surface area contributed by atoms with Gasteiger partial charge in [-0.2, -0.15) is 0 Å². The van der Waals surface area contributed by atoms with E-state index >= 15 is 0 Å². The topological polar surface area (TPSA) is 68.5 Å². The molecule has 0 radical (unpaired) electrons. The summed E-state index contributed by atoms with van der Waals surface area (Å²) < 4.78 is 23.2. The number of esters is 1. The lowest BCUT2D eigenvalue weighted by Gasteiger charge is -2.12. The first-order chi connectivity index (χ1) is 10.1. The molecule has 21 heavy (non-hydrogen) atoms. The Kier molecular flexibility index (Phi) is 4.99. The predicted octanol–water partition coefficient (Wildman–Crippen LogP) is 1.87. The molecule has 0 unspecified atom stereocenters. The van der Waals surface area contributed by atoms with Crippen molar-refractivity contribution in [2.75, 3.05) is 20.2 Å². The van der Waals surface area contributed by atoms with Crippen LogP contribution in [0.4, 0.5) is 4.39 Å². The summed E-state index contributed by atoms with van der Waals surface area (Å²) >= 11 is 0. The van der Waals surface area contributed by atoms with Gasteiger partial charge >= 0.3 is 5.97 Å². The Bertz CT molecular complexity index is 598. The number of ether oxygens (including phenoxy) is 1. The van der Waals surface area contributed by atoms with Gasteiger partial charge in [0.1, 0.15) is 5.82 Å². The average Bonchev–Trinajstić information content (AvgIpc) is 2.88. The van der Waals surface area contributed by atoms with Crippen LogP contribution in [0, 0.1) is 5.82 Å². The lowest BCUT2D eigenvalue weighted by atomic mass is 10.2. The fourth-order valence-electron chi connectivity index (χ4n) is 1.74. The molecule has 6 nitrogen and oxygen atoms in total. The molecule has 7 heteroatoms. The zero-order valence-corrected chi connectivity index (χ0v) is 11.9. The molecule has 0 aliphatic carbocycles. The second-order valence-corrected chi connectivity index (χ2v) is 4.49. The standard InChI is InChI=1S/C14H16FN3O3/c1-3-20-13(19)9-18(2)8-12-16-17-14(21-12)10-4-6-11(15)7-5-10/h4-7H,3,8-9H2,1-2H3. The van der Waals surface area contributed by atoms with Crippen LogP contribution in [-0.4, -0.2) is 41.3 Å². The van der Waals surface area contributed by atoms with Crippen LogP contribution in [-0.2, 0) is 16.1 Å². The molecule has 2 aromatic rings. The normalized spacial score (nSPS) is 10.9. The molecular weight excluding hydrogens is 277 g/mol. The number of hydrogen-bond donors (Lipinski definition) is 0. The van der Waals surface area contributed by atoms with E-state index in [4.69, 9.17) is 9.15 Å². The Morgan fingerprint density at radius 1 is 1.33 bits per heavy atom. The molecule has 0 aliphatic heterocycles. The summed E-state index contributed by atoms with van der Waals surface area (Å²) in [6, 6.07) is 5.78. The SMILES string of the molecule is CCOC(=O)CN(C)Cc1nnc(-c2ccc(F)cc2)o1. The van der Waals surface area contributed by atoms with Gasteiger partial charge in [0.2, 0.25) is 11.8 Å². The van der Waals surface area contributed by atoms with E-state index in [1.165, 1.54) is 12.1 Å². The van der Waals surface area contributed by atoms with Gasteiger partial charge in [-0.25, -0.2) is 4.39 Å². The summed E-state index contributed by atoms with van der Waals surface area (Å²) in [4.78, 5) is 13.0. The maximum atomic E-state index is 12.8. The summed E-state index contributed by atoms with van der Waals surface area (Å²) in [6.45, 7) is 2.57. The van der Waals surface area contributed by atoms with Crippen molar-refractivity contribution < 1.29 is 18.3 Å². The third-order valence-corrected chi connectivity index (χ3v) is 2.67. The third-order valence-electron chi connectivity index (χ3n) is 2.67.